The van der Waals surface area contributed by atoms with E-state index >= 15 is 0 Å². The number of methoxy groups -OCH3 is 2. The van der Waals surface area contributed by atoms with Crippen molar-refractivity contribution in [2.75, 3.05) is 34.0 Å². The zero-order valence-corrected chi connectivity index (χ0v) is 16.6. The van der Waals surface area contributed by atoms with Crippen molar-refractivity contribution in [1.82, 2.24) is 4.90 Å². The predicted octanol–water partition coefficient (Wildman–Crippen LogP) is 2.93. The average Bonchev–Trinajstić information content (AvgIpc) is 3.02. The van der Waals surface area contributed by atoms with Crippen molar-refractivity contribution in [3.05, 3.63) is 29.8 Å². The van der Waals surface area contributed by atoms with Crippen LogP contribution in [0.15, 0.2) is 24.3 Å². The Balaban J connectivity index is 0.000000681. The molecule has 0 amide bonds. The molecule has 2 rings (SSSR count). The van der Waals surface area contributed by atoms with Crippen molar-refractivity contribution in [1.29, 1.82) is 0 Å². The van der Waals surface area contributed by atoms with E-state index in [4.69, 9.17) is 14.2 Å². The Morgan fingerprint density at radius 3 is 2.07 bits per heavy atom. The number of nitrogens with zero attached hydrogens (tertiary/aromatic N) is 1. The number of carbonyl (C=O) groups excluding carboxylic acids is 2. The van der Waals surface area contributed by atoms with Crippen LogP contribution < -0.4 is 4.74 Å². The second kappa shape index (κ2) is 14.9. The molecule has 0 bridgehead atoms. The van der Waals surface area contributed by atoms with Gasteiger partial charge >= 0.3 is 13.5 Å². The first-order valence-electron chi connectivity index (χ1n) is 8.75. The first-order valence-corrected chi connectivity index (χ1v) is 8.75. The lowest BCUT2D eigenvalue weighted by Gasteiger charge is -2.21. The summed E-state index contributed by atoms with van der Waals surface area (Å²) in [5, 5.41) is 0. The van der Waals surface area contributed by atoms with E-state index in [1.54, 1.807) is 7.11 Å². The first kappa shape index (κ1) is 25.9. The Labute approximate surface area is 164 Å². The molecule has 1 aromatic rings. The monoisotopic (exact) mass is 405 g/mol. The van der Waals surface area contributed by atoms with Crippen LogP contribution >= 0.6 is 0 Å². The number of hydrogen-bond acceptors (Lipinski definition) is 6. The Morgan fingerprint density at radius 2 is 1.68 bits per heavy atom. The van der Waals surface area contributed by atoms with Crippen molar-refractivity contribution in [3.8, 4) is 5.75 Å². The summed E-state index contributed by atoms with van der Waals surface area (Å²) in [6.07, 6.45) is 0.239. The summed E-state index contributed by atoms with van der Waals surface area (Å²) in [6, 6.07) is 7.12. The topological polar surface area (TPSA) is 65.1 Å². The fraction of sp³-hybridized carbons (Fsp3) is 0.556. The lowest BCUT2D eigenvalue weighted by atomic mass is 10.1. The van der Waals surface area contributed by atoms with Crippen molar-refractivity contribution < 1.29 is 36.7 Å². The van der Waals surface area contributed by atoms with E-state index in [1.807, 2.05) is 43.0 Å². The number of esters is 1. The quantitative estimate of drug-likeness (QED) is 0.536. The number of ketones is 1. The number of benzene rings is 1. The van der Waals surface area contributed by atoms with Crippen molar-refractivity contribution in [2.24, 2.45) is 0 Å². The van der Waals surface area contributed by atoms with Crippen LogP contribution in [0, 0.1) is 0 Å². The van der Waals surface area contributed by atoms with E-state index in [1.165, 1.54) is 7.11 Å². The number of halogens is 3. The summed E-state index contributed by atoms with van der Waals surface area (Å²) in [4.78, 5) is 25.0. The molecule has 0 unspecified atom stereocenters. The van der Waals surface area contributed by atoms with Crippen LogP contribution in [0.1, 0.15) is 25.8 Å². The van der Waals surface area contributed by atoms with Crippen LogP contribution in [0.2, 0.25) is 0 Å². The number of Topliss-reactive ketones (excluding diaryl/α,β-unsaturated/α-hetero) is 1. The zero-order chi connectivity index (χ0) is 21.5. The molecular weight excluding hydrogens is 378 g/mol. The highest BCUT2D eigenvalue weighted by Gasteiger charge is 2.36. The number of rotatable bonds is 6. The Bertz CT molecular complexity index is 570. The van der Waals surface area contributed by atoms with E-state index in [0.717, 1.165) is 24.5 Å². The third-order valence-corrected chi connectivity index (χ3v) is 3.67. The molecule has 1 saturated heterocycles. The van der Waals surface area contributed by atoms with Gasteiger partial charge in [0.25, 0.3) is 0 Å². The summed E-state index contributed by atoms with van der Waals surface area (Å²) in [5.74, 6) is 0.508. The van der Waals surface area contributed by atoms with Gasteiger partial charge in [-0.2, -0.15) is 0 Å². The lowest BCUT2D eigenvalue weighted by Crippen LogP contribution is -2.36. The molecular formula is C18H27BF3NO5. The molecule has 1 aromatic carbocycles. The minimum absolute atomic E-state index is 0.0731. The highest BCUT2D eigenvalue weighted by atomic mass is 19.4. The van der Waals surface area contributed by atoms with Gasteiger partial charge < -0.3 is 14.2 Å². The summed E-state index contributed by atoms with van der Waals surface area (Å²) in [7, 11) is -0.710. The third kappa shape index (κ3) is 10.9. The van der Waals surface area contributed by atoms with Gasteiger partial charge in [0.05, 0.1) is 20.8 Å². The zero-order valence-electron chi connectivity index (χ0n) is 16.6. The average molecular weight is 405 g/mol. The maximum absolute atomic E-state index is 11.6. The Morgan fingerprint density at radius 1 is 1.14 bits per heavy atom. The van der Waals surface area contributed by atoms with Gasteiger partial charge in [-0.05, 0) is 31.5 Å². The van der Waals surface area contributed by atoms with Gasteiger partial charge in [-0.3, -0.25) is 27.4 Å². The molecule has 0 aliphatic carbocycles. The van der Waals surface area contributed by atoms with E-state index < -0.39 is 13.6 Å². The van der Waals surface area contributed by atoms with Crippen LogP contribution in [-0.2, 0) is 25.6 Å². The molecule has 1 aliphatic heterocycles. The summed E-state index contributed by atoms with van der Waals surface area (Å²) in [5.41, 5.74) is 1.03. The minimum Gasteiger partial charge on any atom is -0.497 e. The van der Waals surface area contributed by atoms with Crippen molar-refractivity contribution in [2.45, 2.75) is 32.9 Å². The van der Waals surface area contributed by atoms with Crippen LogP contribution in [0.25, 0.3) is 0 Å². The molecule has 0 radical (unpaired) electrons. The maximum atomic E-state index is 11.6. The highest BCUT2D eigenvalue weighted by Crippen LogP contribution is 2.20. The molecule has 6 nitrogen and oxygen atoms in total. The van der Waals surface area contributed by atoms with Gasteiger partial charge in [0.1, 0.15) is 17.6 Å². The highest BCUT2D eigenvalue weighted by molar-refractivity contribution is 6.33. The standard InChI is InChI=1S/C14H17NO4.C4H10O.BF3/c1-18-12-5-3-10(4-6-12)8-15-9-11(16)7-13(15)14(17)19-2;1-3-5-4-2;2-1(3)4/h3-6,13H,7-9H2,1-2H3;3-4H2,1-2H3;/t13-;;/m1../s1. The molecule has 158 valence electrons. The third-order valence-electron chi connectivity index (χ3n) is 3.67. The number of likely N-dealkylation sites (tertiary alicyclic amines) is 1. The summed E-state index contributed by atoms with van der Waals surface area (Å²) >= 11 is 0. The van der Waals surface area contributed by atoms with Crippen LogP contribution in [0.4, 0.5) is 12.9 Å². The van der Waals surface area contributed by atoms with Crippen LogP contribution in [0.5, 0.6) is 5.75 Å². The second-order valence-electron chi connectivity index (χ2n) is 5.56. The summed E-state index contributed by atoms with van der Waals surface area (Å²) in [6.45, 7) is 6.52. The molecule has 10 heteroatoms. The molecule has 28 heavy (non-hydrogen) atoms. The molecule has 1 aliphatic rings. The van der Waals surface area contributed by atoms with E-state index in [9.17, 15) is 22.5 Å². The fourth-order valence-corrected chi connectivity index (χ4v) is 2.45. The fourth-order valence-electron chi connectivity index (χ4n) is 2.45. The van der Waals surface area contributed by atoms with E-state index in [2.05, 4.69) is 0 Å². The van der Waals surface area contributed by atoms with Crippen LogP contribution in [-0.4, -0.2) is 64.2 Å². The SMILES string of the molecule is CCOCC.COC(=O)[C@H]1CC(=O)CN1Cc1ccc(OC)cc1.FB(F)F. The van der Waals surface area contributed by atoms with Gasteiger partial charge in [-0.15, -0.1) is 0 Å². The minimum atomic E-state index is -3.67. The second-order valence-corrected chi connectivity index (χ2v) is 5.56. The molecule has 0 saturated carbocycles. The van der Waals surface area contributed by atoms with Gasteiger partial charge in [0.2, 0.25) is 0 Å². The van der Waals surface area contributed by atoms with Crippen LogP contribution in [0.3, 0.4) is 0 Å². The van der Waals surface area contributed by atoms with Crippen molar-refractivity contribution >= 4 is 19.3 Å². The number of ether oxygens (including phenoxy) is 3. The molecule has 1 fully saturated rings. The summed E-state index contributed by atoms with van der Waals surface area (Å²) < 4.78 is 43.7. The number of carbonyl (C=O) groups is 2. The largest absolute Gasteiger partial charge is 0.762 e. The normalized spacial score (nSPS) is 15.7. The van der Waals surface area contributed by atoms with Gasteiger partial charge in [-0.1, -0.05) is 12.1 Å². The molecule has 1 atom stereocenters. The lowest BCUT2D eigenvalue weighted by molar-refractivity contribution is -0.146. The van der Waals surface area contributed by atoms with Gasteiger partial charge in [-0.25, -0.2) is 0 Å². The molecule has 0 aromatic heterocycles. The predicted molar refractivity (Wildman–Crippen MR) is 100 cm³/mol. The Kier molecular flexibility index (Phi) is 13.8. The Hall–Kier alpha value is -2.07. The first-order chi connectivity index (χ1) is 13.3. The molecule has 0 spiro atoms. The van der Waals surface area contributed by atoms with E-state index in [0.29, 0.717) is 13.1 Å². The van der Waals surface area contributed by atoms with Crippen molar-refractivity contribution in [3.63, 3.8) is 0 Å². The van der Waals surface area contributed by atoms with Gasteiger partial charge in [0.15, 0.2) is 0 Å². The van der Waals surface area contributed by atoms with E-state index in [-0.39, 0.29) is 18.2 Å². The molecule has 1 heterocycles. The van der Waals surface area contributed by atoms with Gasteiger partial charge in [0, 0.05) is 26.2 Å². The smallest absolute Gasteiger partial charge is 0.497 e. The molecule has 0 N–H and O–H groups in total. The maximum Gasteiger partial charge on any atom is 0.762 e. The number of hydrogen-bond donors (Lipinski definition) is 0.